The van der Waals surface area contributed by atoms with E-state index < -0.39 is 0 Å². The van der Waals surface area contributed by atoms with Gasteiger partial charge < -0.3 is 9.84 Å². The fourth-order valence-electron chi connectivity index (χ4n) is 1.53. The molecule has 0 spiro atoms. The quantitative estimate of drug-likeness (QED) is 0.899. The number of phenols is 1. The van der Waals surface area contributed by atoms with Crippen molar-refractivity contribution in [1.29, 1.82) is 0 Å². The van der Waals surface area contributed by atoms with E-state index in [0.29, 0.717) is 11.6 Å². The zero-order valence-corrected chi connectivity index (χ0v) is 10.7. The lowest BCUT2D eigenvalue weighted by molar-refractivity contribution is 0.400. The number of aromatic hydroxyl groups is 1. The topological polar surface area (TPSA) is 55.2 Å². The zero-order chi connectivity index (χ0) is 13.1. The average Bonchev–Trinajstić information content (AvgIpc) is 2.31. The van der Waals surface area contributed by atoms with Gasteiger partial charge in [-0.3, -0.25) is 0 Å². The minimum Gasteiger partial charge on any atom is -0.504 e. The molecule has 4 nitrogen and oxygen atoms in total. The van der Waals surface area contributed by atoms with Gasteiger partial charge in [0.2, 0.25) is 5.88 Å². The van der Waals surface area contributed by atoms with Crippen molar-refractivity contribution in [3.05, 3.63) is 41.9 Å². The molecule has 4 heteroatoms. The molecule has 0 radical (unpaired) electrons. The minimum absolute atomic E-state index is 0.0971. The van der Waals surface area contributed by atoms with Crippen LogP contribution in [-0.2, 0) is 0 Å². The number of rotatable bonds is 3. The highest BCUT2D eigenvalue weighted by atomic mass is 16.5. The lowest BCUT2D eigenvalue weighted by Crippen LogP contribution is -2.01. The number of hydrogen-bond donors (Lipinski definition) is 1. The van der Waals surface area contributed by atoms with Gasteiger partial charge in [0.05, 0.1) is 0 Å². The van der Waals surface area contributed by atoms with E-state index in [-0.39, 0.29) is 11.7 Å². The van der Waals surface area contributed by atoms with Crippen molar-refractivity contribution in [2.75, 3.05) is 0 Å². The molecule has 1 heterocycles. The van der Waals surface area contributed by atoms with Gasteiger partial charge in [0, 0.05) is 17.7 Å². The molecule has 0 atom stereocenters. The fourth-order valence-corrected chi connectivity index (χ4v) is 1.53. The summed E-state index contributed by atoms with van der Waals surface area (Å²) in [5.74, 6) is 1.91. The molecule has 0 fully saturated rings. The van der Waals surface area contributed by atoms with Gasteiger partial charge in [-0.2, -0.15) is 4.98 Å². The Morgan fingerprint density at radius 2 is 1.89 bits per heavy atom. The molecule has 0 aliphatic carbocycles. The normalized spacial score (nSPS) is 10.7. The molecule has 94 valence electrons. The number of ether oxygens (including phenoxy) is 1. The lowest BCUT2D eigenvalue weighted by atomic mass is 10.2. The summed E-state index contributed by atoms with van der Waals surface area (Å²) in [6, 6.07) is 8.56. The Kier molecular flexibility index (Phi) is 3.46. The van der Waals surface area contributed by atoms with Crippen LogP contribution in [0.25, 0.3) is 0 Å². The average molecular weight is 244 g/mol. The Balaban J connectivity index is 2.32. The number of phenolic OH excluding ortho intramolecular Hbond substituents is 1. The molecule has 0 aliphatic heterocycles. The van der Waals surface area contributed by atoms with E-state index in [0.717, 1.165) is 11.5 Å². The largest absolute Gasteiger partial charge is 0.504 e. The number of aromatic nitrogens is 2. The van der Waals surface area contributed by atoms with E-state index in [4.69, 9.17) is 4.74 Å². The van der Waals surface area contributed by atoms with Crippen LogP contribution in [0.5, 0.6) is 17.4 Å². The van der Waals surface area contributed by atoms with Gasteiger partial charge in [0.1, 0.15) is 5.82 Å². The smallest absolute Gasteiger partial charge is 0.222 e. The van der Waals surface area contributed by atoms with Crippen LogP contribution in [0.15, 0.2) is 30.3 Å². The molecule has 0 amide bonds. The number of benzene rings is 1. The van der Waals surface area contributed by atoms with Gasteiger partial charge >= 0.3 is 0 Å². The van der Waals surface area contributed by atoms with Gasteiger partial charge in [0.25, 0.3) is 0 Å². The van der Waals surface area contributed by atoms with E-state index in [9.17, 15) is 5.11 Å². The molecule has 2 aromatic rings. The molecule has 0 unspecified atom stereocenters. The molecule has 0 saturated carbocycles. The lowest BCUT2D eigenvalue weighted by Gasteiger charge is -2.10. The van der Waals surface area contributed by atoms with Crippen molar-refractivity contribution in [1.82, 2.24) is 9.97 Å². The van der Waals surface area contributed by atoms with Crippen molar-refractivity contribution < 1.29 is 9.84 Å². The third-order valence-electron chi connectivity index (χ3n) is 2.44. The van der Waals surface area contributed by atoms with Crippen LogP contribution >= 0.6 is 0 Å². The molecule has 0 bridgehead atoms. The van der Waals surface area contributed by atoms with Crippen molar-refractivity contribution in [2.45, 2.75) is 26.7 Å². The van der Waals surface area contributed by atoms with Crippen LogP contribution in [-0.4, -0.2) is 15.1 Å². The molecule has 2 rings (SSSR count). The molecule has 1 N–H and O–H groups in total. The Morgan fingerprint density at radius 3 is 2.56 bits per heavy atom. The second-order valence-electron chi connectivity index (χ2n) is 4.43. The van der Waals surface area contributed by atoms with Gasteiger partial charge in [0.15, 0.2) is 11.5 Å². The Labute approximate surface area is 106 Å². The maximum atomic E-state index is 9.65. The first-order chi connectivity index (χ1) is 8.56. The molecule has 0 saturated heterocycles. The zero-order valence-electron chi connectivity index (χ0n) is 10.7. The maximum absolute atomic E-state index is 9.65. The second-order valence-corrected chi connectivity index (χ2v) is 4.43. The number of nitrogens with zero attached hydrogens (tertiary/aromatic N) is 2. The predicted molar refractivity (Wildman–Crippen MR) is 69.0 cm³/mol. The van der Waals surface area contributed by atoms with E-state index in [1.807, 2.05) is 20.8 Å². The minimum atomic E-state index is 0.0971. The summed E-state index contributed by atoms with van der Waals surface area (Å²) >= 11 is 0. The van der Waals surface area contributed by atoms with Crippen molar-refractivity contribution in [2.24, 2.45) is 0 Å². The monoisotopic (exact) mass is 244 g/mol. The fraction of sp³-hybridized carbons (Fsp3) is 0.286. The van der Waals surface area contributed by atoms with Gasteiger partial charge in [-0.05, 0) is 19.1 Å². The van der Waals surface area contributed by atoms with E-state index in [1.165, 1.54) is 0 Å². The first kappa shape index (κ1) is 12.4. The molecular formula is C14H16N2O2. The summed E-state index contributed by atoms with van der Waals surface area (Å²) in [4.78, 5) is 8.67. The highest BCUT2D eigenvalue weighted by Crippen LogP contribution is 2.29. The molecule has 1 aromatic heterocycles. The highest BCUT2D eigenvalue weighted by Gasteiger charge is 2.09. The maximum Gasteiger partial charge on any atom is 0.222 e. The second kappa shape index (κ2) is 5.04. The van der Waals surface area contributed by atoms with E-state index in [1.54, 1.807) is 30.3 Å². The summed E-state index contributed by atoms with van der Waals surface area (Å²) in [6.07, 6.45) is 0. The van der Waals surface area contributed by atoms with Crippen LogP contribution in [0.2, 0.25) is 0 Å². The first-order valence-corrected chi connectivity index (χ1v) is 5.87. The third-order valence-corrected chi connectivity index (χ3v) is 2.44. The molecule has 0 aliphatic rings. The highest BCUT2D eigenvalue weighted by molar-refractivity contribution is 5.40. The van der Waals surface area contributed by atoms with Crippen molar-refractivity contribution in [3.63, 3.8) is 0 Å². The van der Waals surface area contributed by atoms with E-state index in [2.05, 4.69) is 9.97 Å². The predicted octanol–water partition coefficient (Wildman–Crippen LogP) is 3.41. The number of hydrogen-bond acceptors (Lipinski definition) is 4. The summed E-state index contributed by atoms with van der Waals surface area (Å²) in [6.45, 7) is 5.95. The van der Waals surface area contributed by atoms with Crippen LogP contribution in [0.1, 0.15) is 31.3 Å². The Morgan fingerprint density at radius 1 is 1.17 bits per heavy atom. The molecule has 1 aromatic carbocycles. The van der Waals surface area contributed by atoms with Crippen LogP contribution in [0, 0.1) is 6.92 Å². The third kappa shape index (κ3) is 2.77. The number of aryl methyl sites for hydroxylation is 1. The van der Waals surface area contributed by atoms with Crippen LogP contribution in [0.4, 0.5) is 0 Å². The van der Waals surface area contributed by atoms with Gasteiger partial charge in [-0.25, -0.2) is 4.98 Å². The number of para-hydroxylation sites is 2. The first-order valence-electron chi connectivity index (χ1n) is 5.87. The molecular weight excluding hydrogens is 228 g/mol. The molecule has 18 heavy (non-hydrogen) atoms. The van der Waals surface area contributed by atoms with Gasteiger partial charge in [-0.1, -0.05) is 26.0 Å². The van der Waals surface area contributed by atoms with Gasteiger partial charge in [-0.15, -0.1) is 0 Å². The van der Waals surface area contributed by atoms with Crippen LogP contribution < -0.4 is 4.74 Å². The Hall–Kier alpha value is -2.10. The van der Waals surface area contributed by atoms with Crippen molar-refractivity contribution >= 4 is 0 Å². The standard InChI is InChI=1S/C14H16N2O2/c1-9(2)14-15-10(3)8-13(16-14)18-12-7-5-4-6-11(12)17/h4-9,17H,1-3H3. The van der Waals surface area contributed by atoms with E-state index >= 15 is 0 Å². The van der Waals surface area contributed by atoms with Crippen molar-refractivity contribution in [3.8, 4) is 17.4 Å². The van der Waals surface area contributed by atoms with Crippen LogP contribution in [0.3, 0.4) is 0 Å². The summed E-state index contributed by atoms with van der Waals surface area (Å²) in [5, 5.41) is 9.65. The SMILES string of the molecule is Cc1cc(Oc2ccccc2O)nc(C(C)C)n1. The summed E-state index contributed by atoms with van der Waals surface area (Å²) in [5.41, 5.74) is 0.846. The summed E-state index contributed by atoms with van der Waals surface area (Å²) < 4.78 is 5.58. The Bertz CT molecular complexity index is 553. The summed E-state index contributed by atoms with van der Waals surface area (Å²) in [7, 11) is 0.